The van der Waals surface area contributed by atoms with Crippen LogP contribution in [0.4, 0.5) is 11.4 Å². The summed E-state index contributed by atoms with van der Waals surface area (Å²) in [5.41, 5.74) is 7.86. The van der Waals surface area contributed by atoms with Crippen LogP contribution in [-0.4, -0.2) is 55.6 Å². The summed E-state index contributed by atoms with van der Waals surface area (Å²) in [5.74, 6) is -0.187. The summed E-state index contributed by atoms with van der Waals surface area (Å²) in [6.45, 7) is 0.697. The topological polar surface area (TPSA) is 132 Å². The van der Waals surface area contributed by atoms with Gasteiger partial charge in [-0.15, -0.1) is 0 Å². The summed E-state index contributed by atoms with van der Waals surface area (Å²) in [7, 11) is -2.18. The molecule has 9 nitrogen and oxygen atoms in total. The third-order valence-electron chi connectivity index (χ3n) is 6.96. The zero-order valence-corrected chi connectivity index (χ0v) is 22.1. The van der Waals surface area contributed by atoms with Crippen molar-refractivity contribution in [1.29, 1.82) is 0 Å². The molecule has 0 spiro atoms. The molecule has 1 aromatic heterocycles. The van der Waals surface area contributed by atoms with Gasteiger partial charge in [0.1, 0.15) is 5.75 Å². The quantitative estimate of drug-likeness (QED) is 0.357. The number of hydrogen-bond acceptors (Lipinski definition) is 7. The van der Waals surface area contributed by atoms with Crippen LogP contribution in [0.3, 0.4) is 0 Å². The second-order valence-electron chi connectivity index (χ2n) is 9.35. The Kier molecular flexibility index (Phi) is 7.21. The monoisotopic (exact) mass is 544 g/mol. The number of pyridine rings is 1. The van der Waals surface area contributed by atoms with Crippen molar-refractivity contribution < 1.29 is 22.7 Å². The maximum Gasteiger partial charge on any atom is 0.253 e. The van der Waals surface area contributed by atoms with Crippen molar-refractivity contribution in [3.63, 3.8) is 0 Å². The highest BCUT2D eigenvalue weighted by atomic mass is 32.2. The SMILES string of the molecule is COc1cccc(Nc2c(C(N)=O)cnc3ccc(S(=O)(=O)C4CCN(C(=O)c5ccccc5)CC4)cc23)c1. The lowest BCUT2D eigenvalue weighted by Gasteiger charge is -2.32. The number of nitrogens with one attached hydrogen (secondary N) is 1. The number of nitrogens with zero attached hydrogens (tertiary/aromatic N) is 2. The van der Waals surface area contributed by atoms with E-state index in [1.54, 1.807) is 66.6 Å². The lowest BCUT2D eigenvalue weighted by atomic mass is 10.1. The van der Waals surface area contributed by atoms with E-state index >= 15 is 0 Å². The molecular formula is C29H28N4O5S. The number of rotatable bonds is 7. The van der Waals surface area contributed by atoms with Gasteiger partial charge >= 0.3 is 0 Å². The number of aromatic nitrogens is 1. The number of likely N-dealkylation sites (tertiary alicyclic amines) is 1. The Balaban J connectivity index is 1.45. The Morgan fingerprint density at radius 3 is 2.44 bits per heavy atom. The van der Waals surface area contributed by atoms with Crippen LogP contribution in [0, 0.1) is 0 Å². The molecule has 0 saturated carbocycles. The van der Waals surface area contributed by atoms with E-state index in [0.29, 0.717) is 59.5 Å². The number of anilines is 2. The predicted octanol–water partition coefficient (Wildman–Crippen LogP) is 4.16. The summed E-state index contributed by atoms with van der Waals surface area (Å²) in [6, 6.07) is 20.8. The van der Waals surface area contributed by atoms with Crippen LogP contribution in [0.5, 0.6) is 5.75 Å². The Morgan fingerprint density at radius 2 is 1.74 bits per heavy atom. The average Bonchev–Trinajstić information content (AvgIpc) is 2.97. The van der Waals surface area contributed by atoms with Crippen molar-refractivity contribution in [1.82, 2.24) is 9.88 Å². The highest BCUT2D eigenvalue weighted by Crippen LogP contribution is 2.34. The van der Waals surface area contributed by atoms with Crippen LogP contribution in [0.1, 0.15) is 33.6 Å². The van der Waals surface area contributed by atoms with Crippen molar-refractivity contribution in [3.8, 4) is 5.75 Å². The Morgan fingerprint density at radius 1 is 1.00 bits per heavy atom. The highest BCUT2D eigenvalue weighted by molar-refractivity contribution is 7.92. The lowest BCUT2D eigenvalue weighted by molar-refractivity contribution is 0.0725. The largest absolute Gasteiger partial charge is 0.497 e. The molecule has 3 aromatic carbocycles. The van der Waals surface area contributed by atoms with E-state index < -0.39 is 21.0 Å². The number of fused-ring (bicyclic) bond motifs is 1. The van der Waals surface area contributed by atoms with E-state index in [4.69, 9.17) is 10.5 Å². The number of hydrogen-bond donors (Lipinski definition) is 2. The fourth-order valence-electron chi connectivity index (χ4n) is 4.84. The number of nitrogens with two attached hydrogens (primary N) is 1. The van der Waals surface area contributed by atoms with E-state index in [2.05, 4.69) is 10.3 Å². The molecule has 0 radical (unpaired) electrons. The van der Waals surface area contributed by atoms with Crippen LogP contribution in [-0.2, 0) is 9.84 Å². The molecule has 2 heterocycles. The number of amides is 2. The highest BCUT2D eigenvalue weighted by Gasteiger charge is 2.33. The third kappa shape index (κ3) is 5.28. The minimum atomic E-state index is -3.73. The number of sulfone groups is 1. The maximum absolute atomic E-state index is 13.7. The van der Waals surface area contributed by atoms with Gasteiger partial charge in [0.15, 0.2) is 9.84 Å². The van der Waals surface area contributed by atoms with Crippen LogP contribution in [0.15, 0.2) is 83.9 Å². The number of methoxy groups -OCH3 is 1. The van der Waals surface area contributed by atoms with Crippen molar-refractivity contribution in [2.24, 2.45) is 5.73 Å². The zero-order chi connectivity index (χ0) is 27.6. The van der Waals surface area contributed by atoms with Gasteiger partial charge < -0.3 is 20.7 Å². The van der Waals surface area contributed by atoms with E-state index in [1.807, 2.05) is 6.07 Å². The molecular weight excluding hydrogens is 516 g/mol. The second kappa shape index (κ2) is 10.7. The first-order valence-electron chi connectivity index (χ1n) is 12.5. The van der Waals surface area contributed by atoms with Crippen LogP contribution in [0.2, 0.25) is 0 Å². The van der Waals surface area contributed by atoms with Gasteiger partial charge in [0.2, 0.25) is 0 Å². The molecule has 1 aliphatic rings. The molecule has 4 aromatic rings. The first kappa shape index (κ1) is 26.2. The molecule has 39 heavy (non-hydrogen) atoms. The zero-order valence-electron chi connectivity index (χ0n) is 21.3. The minimum absolute atomic E-state index is 0.101. The van der Waals surface area contributed by atoms with Gasteiger partial charge in [0.05, 0.1) is 34.0 Å². The van der Waals surface area contributed by atoms with Gasteiger partial charge in [-0.1, -0.05) is 24.3 Å². The number of ether oxygens (including phenoxy) is 1. The Bertz CT molecular complexity index is 1650. The maximum atomic E-state index is 13.7. The molecule has 0 bridgehead atoms. The van der Waals surface area contributed by atoms with Gasteiger partial charge in [-0.25, -0.2) is 8.42 Å². The molecule has 0 aliphatic carbocycles. The first-order chi connectivity index (χ1) is 18.8. The van der Waals surface area contributed by atoms with Gasteiger partial charge in [-0.05, 0) is 55.3 Å². The lowest BCUT2D eigenvalue weighted by Crippen LogP contribution is -2.42. The molecule has 0 atom stereocenters. The molecule has 3 N–H and O–H groups in total. The summed E-state index contributed by atoms with van der Waals surface area (Å²) < 4.78 is 32.7. The van der Waals surface area contributed by atoms with Crippen LogP contribution in [0.25, 0.3) is 10.9 Å². The second-order valence-corrected chi connectivity index (χ2v) is 11.6. The average molecular weight is 545 g/mol. The predicted molar refractivity (Wildman–Crippen MR) is 149 cm³/mol. The van der Waals surface area contributed by atoms with E-state index in [0.717, 1.165) is 0 Å². The smallest absolute Gasteiger partial charge is 0.253 e. The number of benzene rings is 3. The van der Waals surface area contributed by atoms with Gasteiger partial charge in [0, 0.05) is 42.0 Å². The minimum Gasteiger partial charge on any atom is -0.497 e. The van der Waals surface area contributed by atoms with Crippen LogP contribution >= 0.6 is 0 Å². The van der Waals surface area contributed by atoms with E-state index in [-0.39, 0.29) is 16.4 Å². The Hall–Kier alpha value is -4.44. The first-order valence-corrected chi connectivity index (χ1v) is 14.0. The summed E-state index contributed by atoms with van der Waals surface area (Å²) >= 11 is 0. The molecule has 10 heteroatoms. The number of carbonyl (C=O) groups is 2. The van der Waals surface area contributed by atoms with Gasteiger partial charge in [0.25, 0.3) is 11.8 Å². The van der Waals surface area contributed by atoms with E-state index in [9.17, 15) is 18.0 Å². The molecule has 1 fully saturated rings. The normalized spacial score (nSPS) is 14.2. The van der Waals surface area contributed by atoms with Crippen molar-refractivity contribution >= 4 is 43.9 Å². The number of carbonyl (C=O) groups excluding carboxylic acids is 2. The Labute approximate surface area is 226 Å². The van der Waals surface area contributed by atoms with Crippen molar-refractivity contribution in [2.75, 3.05) is 25.5 Å². The van der Waals surface area contributed by atoms with Gasteiger partial charge in [-0.2, -0.15) is 0 Å². The molecule has 1 saturated heterocycles. The number of primary amides is 1. The van der Waals surface area contributed by atoms with Crippen molar-refractivity contribution in [2.45, 2.75) is 23.0 Å². The third-order valence-corrected chi connectivity index (χ3v) is 9.22. The number of piperidine rings is 1. The van der Waals surface area contributed by atoms with E-state index in [1.165, 1.54) is 18.3 Å². The molecule has 5 rings (SSSR count). The van der Waals surface area contributed by atoms with Crippen molar-refractivity contribution in [3.05, 3.63) is 90.1 Å². The summed E-state index contributed by atoms with van der Waals surface area (Å²) in [4.78, 5) is 31.2. The summed E-state index contributed by atoms with van der Waals surface area (Å²) in [6.07, 6.45) is 2.03. The molecule has 200 valence electrons. The summed E-state index contributed by atoms with van der Waals surface area (Å²) in [5, 5.41) is 3.01. The molecule has 1 aliphatic heterocycles. The molecule has 2 amide bonds. The van der Waals surface area contributed by atoms with Gasteiger partial charge in [-0.3, -0.25) is 14.6 Å². The van der Waals surface area contributed by atoms with Crippen LogP contribution < -0.4 is 15.8 Å². The fourth-order valence-corrected chi connectivity index (χ4v) is 6.60. The standard InChI is InChI=1S/C29H28N4O5S/c1-38-21-9-5-8-20(16-21)32-27-24-17-23(10-11-26(24)31-18-25(27)28(30)34)39(36,37)22-12-14-33(15-13-22)29(35)19-6-3-2-4-7-19/h2-11,16-18,22H,12-15H2,1H3,(H2,30,34)(H,31,32). The fraction of sp³-hybridized carbons (Fsp3) is 0.207. The molecule has 0 unspecified atom stereocenters.